The lowest BCUT2D eigenvalue weighted by Gasteiger charge is -2.33. The van der Waals surface area contributed by atoms with E-state index in [-0.39, 0.29) is 26.1 Å². The summed E-state index contributed by atoms with van der Waals surface area (Å²) in [6.07, 6.45) is -4.78. The first kappa shape index (κ1) is 15.8. The standard InChI is InChI=1S/C14H18F3N3O/c1-10-4-3-5-11(19-10)8-20(2)12(21)13(14(15,16)17)6-7-18-9-13/h3-5,18H,6-9H2,1-2H3. The summed E-state index contributed by atoms with van der Waals surface area (Å²) in [5, 5.41) is 2.65. The van der Waals surface area contributed by atoms with Gasteiger partial charge in [-0.2, -0.15) is 13.2 Å². The van der Waals surface area contributed by atoms with E-state index in [2.05, 4.69) is 10.3 Å². The van der Waals surface area contributed by atoms with Crippen LogP contribution in [0.3, 0.4) is 0 Å². The van der Waals surface area contributed by atoms with E-state index in [1.54, 1.807) is 25.1 Å². The summed E-state index contributed by atoms with van der Waals surface area (Å²) in [5.74, 6) is -0.900. The summed E-state index contributed by atoms with van der Waals surface area (Å²) in [6, 6.07) is 5.26. The van der Waals surface area contributed by atoms with Crippen LogP contribution in [-0.4, -0.2) is 42.1 Å². The van der Waals surface area contributed by atoms with Gasteiger partial charge in [-0.1, -0.05) is 6.07 Å². The second-order valence-corrected chi connectivity index (χ2v) is 5.44. The molecule has 0 radical (unpaired) electrons. The van der Waals surface area contributed by atoms with Crippen LogP contribution in [-0.2, 0) is 11.3 Å². The average molecular weight is 301 g/mol. The predicted molar refractivity (Wildman–Crippen MR) is 71.4 cm³/mol. The van der Waals surface area contributed by atoms with Gasteiger partial charge >= 0.3 is 6.18 Å². The lowest BCUT2D eigenvalue weighted by Crippen LogP contribution is -2.52. The lowest BCUT2D eigenvalue weighted by atomic mass is 9.84. The Bertz CT molecular complexity index is 524. The molecular formula is C14H18F3N3O. The minimum Gasteiger partial charge on any atom is -0.339 e. The summed E-state index contributed by atoms with van der Waals surface area (Å²) < 4.78 is 40.0. The Morgan fingerprint density at radius 2 is 2.19 bits per heavy atom. The minimum atomic E-state index is -4.55. The molecule has 7 heteroatoms. The third-order valence-corrected chi connectivity index (χ3v) is 3.80. The molecule has 1 aromatic heterocycles. The number of carbonyl (C=O) groups is 1. The first-order valence-electron chi connectivity index (χ1n) is 6.72. The number of nitrogens with zero attached hydrogens (tertiary/aromatic N) is 2. The van der Waals surface area contributed by atoms with Crippen molar-refractivity contribution in [3.05, 3.63) is 29.6 Å². The molecule has 0 saturated carbocycles. The van der Waals surface area contributed by atoms with E-state index < -0.39 is 17.5 Å². The topological polar surface area (TPSA) is 45.2 Å². The van der Waals surface area contributed by atoms with Crippen LogP contribution in [0.25, 0.3) is 0 Å². The fourth-order valence-corrected chi connectivity index (χ4v) is 2.61. The summed E-state index contributed by atoms with van der Waals surface area (Å²) >= 11 is 0. The average Bonchev–Trinajstić information content (AvgIpc) is 2.87. The van der Waals surface area contributed by atoms with E-state index in [0.29, 0.717) is 5.69 Å². The highest BCUT2D eigenvalue weighted by atomic mass is 19.4. The van der Waals surface area contributed by atoms with Crippen LogP contribution in [0.4, 0.5) is 13.2 Å². The highest BCUT2D eigenvalue weighted by molar-refractivity contribution is 5.84. The second kappa shape index (κ2) is 5.63. The minimum absolute atomic E-state index is 0.0678. The molecule has 1 amide bonds. The first-order chi connectivity index (χ1) is 9.76. The number of alkyl halides is 3. The molecule has 21 heavy (non-hydrogen) atoms. The van der Waals surface area contributed by atoms with Crippen LogP contribution in [0.1, 0.15) is 17.8 Å². The van der Waals surface area contributed by atoms with Crippen molar-refractivity contribution in [2.45, 2.75) is 26.1 Å². The number of hydrogen-bond acceptors (Lipinski definition) is 3. The zero-order chi connectivity index (χ0) is 15.7. The number of aromatic nitrogens is 1. The fraction of sp³-hybridized carbons (Fsp3) is 0.571. The number of rotatable bonds is 3. The van der Waals surface area contributed by atoms with Gasteiger partial charge in [0.25, 0.3) is 0 Å². The molecule has 0 aliphatic carbocycles. The second-order valence-electron chi connectivity index (χ2n) is 5.44. The molecular weight excluding hydrogens is 283 g/mol. The number of nitrogens with one attached hydrogen (secondary N) is 1. The molecule has 1 saturated heterocycles. The highest BCUT2D eigenvalue weighted by Gasteiger charge is 2.62. The number of carbonyl (C=O) groups excluding carboxylic acids is 1. The van der Waals surface area contributed by atoms with E-state index in [4.69, 9.17) is 0 Å². The third kappa shape index (κ3) is 3.02. The Balaban J connectivity index is 2.18. The summed E-state index contributed by atoms with van der Waals surface area (Å²) in [6.45, 7) is 1.70. The van der Waals surface area contributed by atoms with Gasteiger partial charge in [0.15, 0.2) is 5.41 Å². The van der Waals surface area contributed by atoms with Crippen molar-refractivity contribution in [2.24, 2.45) is 5.41 Å². The van der Waals surface area contributed by atoms with Crippen LogP contribution < -0.4 is 5.32 Å². The van der Waals surface area contributed by atoms with E-state index in [1.165, 1.54) is 7.05 Å². The summed E-state index contributed by atoms with van der Waals surface area (Å²) in [5.41, 5.74) is -0.971. The Hall–Kier alpha value is -1.63. The SMILES string of the molecule is Cc1cccc(CN(C)C(=O)C2(C(F)(F)F)CCNC2)n1. The molecule has 0 bridgehead atoms. The van der Waals surface area contributed by atoms with Crippen LogP contribution >= 0.6 is 0 Å². The van der Waals surface area contributed by atoms with Crippen LogP contribution in [0.2, 0.25) is 0 Å². The molecule has 4 nitrogen and oxygen atoms in total. The largest absolute Gasteiger partial charge is 0.404 e. The predicted octanol–water partition coefficient (Wildman–Crippen LogP) is 1.89. The highest BCUT2D eigenvalue weighted by Crippen LogP contribution is 2.44. The van der Waals surface area contributed by atoms with Crippen molar-refractivity contribution in [1.29, 1.82) is 0 Å². The third-order valence-electron chi connectivity index (χ3n) is 3.80. The van der Waals surface area contributed by atoms with Gasteiger partial charge in [0.1, 0.15) is 0 Å². The van der Waals surface area contributed by atoms with E-state index in [0.717, 1.165) is 10.6 Å². The van der Waals surface area contributed by atoms with Gasteiger partial charge in [-0.3, -0.25) is 9.78 Å². The lowest BCUT2D eigenvalue weighted by molar-refractivity contribution is -0.221. The van der Waals surface area contributed by atoms with E-state index in [1.807, 2.05) is 0 Å². The molecule has 1 atom stereocenters. The molecule has 1 aliphatic rings. The van der Waals surface area contributed by atoms with Gasteiger partial charge in [-0.05, 0) is 32.0 Å². The van der Waals surface area contributed by atoms with Crippen molar-refractivity contribution in [3.63, 3.8) is 0 Å². The zero-order valence-corrected chi connectivity index (χ0v) is 12.0. The maximum Gasteiger partial charge on any atom is 0.404 e. The molecule has 1 unspecified atom stereocenters. The Kier molecular flexibility index (Phi) is 4.22. The zero-order valence-electron chi connectivity index (χ0n) is 12.0. The molecule has 0 spiro atoms. The Morgan fingerprint density at radius 3 is 2.71 bits per heavy atom. The van der Waals surface area contributed by atoms with Crippen LogP contribution in [0, 0.1) is 12.3 Å². The molecule has 1 aromatic rings. The molecule has 0 aromatic carbocycles. The van der Waals surface area contributed by atoms with Gasteiger partial charge < -0.3 is 10.2 Å². The monoisotopic (exact) mass is 301 g/mol. The van der Waals surface area contributed by atoms with Crippen molar-refractivity contribution in [3.8, 4) is 0 Å². The van der Waals surface area contributed by atoms with Crippen molar-refractivity contribution in [1.82, 2.24) is 15.2 Å². The van der Waals surface area contributed by atoms with Gasteiger partial charge in [0.05, 0.1) is 12.2 Å². The molecule has 2 heterocycles. The van der Waals surface area contributed by atoms with Crippen molar-refractivity contribution in [2.75, 3.05) is 20.1 Å². The smallest absolute Gasteiger partial charge is 0.339 e. The number of aryl methyl sites for hydroxylation is 1. The van der Waals surface area contributed by atoms with Crippen LogP contribution in [0.5, 0.6) is 0 Å². The van der Waals surface area contributed by atoms with Gasteiger partial charge in [-0.15, -0.1) is 0 Å². The fourth-order valence-electron chi connectivity index (χ4n) is 2.61. The normalized spacial score (nSPS) is 22.3. The van der Waals surface area contributed by atoms with Gasteiger partial charge in [-0.25, -0.2) is 0 Å². The molecule has 1 N–H and O–H groups in total. The van der Waals surface area contributed by atoms with E-state index in [9.17, 15) is 18.0 Å². The van der Waals surface area contributed by atoms with E-state index >= 15 is 0 Å². The molecule has 1 fully saturated rings. The van der Waals surface area contributed by atoms with Gasteiger partial charge in [0, 0.05) is 19.3 Å². The van der Waals surface area contributed by atoms with Crippen molar-refractivity contribution >= 4 is 5.91 Å². The number of hydrogen-bond donors (Lipinski definition) is 1. The maximum atomic E-state index is 13.3. The molecule has 2 rings (SSSR count). The molecule has 116 valence electrons. The Labute approximate surface area is 121 Å². The quantitative estimate of drug-likeness (QED) is 0.927. The van der Waals surface area contributed by atoms with Crippen molar-refractivity contribution < 1.29 is 18.0 Å². The molecule has 1 aliphatic heterocycles. The maximum absolute atomic E-state index is 13.3. The number of halogens is 3. The summed E-state index contributed by atoms with van der Waals surface area (Å²) in [7, 11) is 1.39. The Morgan fingerprint density at radius 1 is 1.48 bits per heavy atom. The van der Waals surface area contributed by atoms with Gasteiger partial charge in [0.2, 0.25) is 5.91 Å². The number of amides is 1. The van der Waals surface area contributed by atoms with Crippen LogP contribution in [0.15, 0.2) is 18.2 Å². The summed E-state index contributed by atoms with van der Waals surface area (Å²) in [4.78, 5) is 17.7. The first-order valence-corrected chi connectivity index (χ1v) is 6.72. The number of pyridine rings is 1.